The van der Waals surface area contributed by atoms with Crippen molar-refractivity contribution in [2.24, 2.45) is 0 Å². The van der Waals surface area contributed by atoms with Gasteiger partial charge in [-0.15, -0.1) is 0 Å². The minimum Gasteiger partial charge on any atom is -0.387 e. The quantitative estimate of drug-likeness (QED) is 0.607. The van der Waals surface area contributed by atoms with Crippen LogP contribution in [-0.2, 0) is 11.3 Å². The van der Waals surface area contributed by atoms with Gasteiger partial charge < -0.3 is 20.1 Å². The zero-order chi connectivity index (χ0) is 21.8. The molecule has 0 radical (unpaired) electrons. The van der Waals surface area contributed by atoms with Crippen molar-refractivity contribution in [2.45, 2.75) is 38.5 Å². The molecule has 31 heavy (non-hydrogen) atoms. The van der Waals surface area contributed by atoms with E-state index in [4.69, 9.17) is 4.74 Å². The first-order valence-electron chi connectivity index (χ1n) is 10.8. The number of fused-ring (bicyclic) bond motifs is 1. The van der Waals surface area contributed by atoms with Crippen LogP contribution in [0.25, 0.3) is 11.0 Å². The number of anilines is 1. The Morgan fingerprint density at radius 3 is 2.74 bits per heavy atom. The van der Waals surface area contributed by atoms with Crippen molar-refractivity contribution in [3.05, 3.63) is 53.9 Å². The summed E-state index contributed by atoms with van der Waals surface area (Å²) in [5, 5.41) is 18.6. The number of rotatable bonds is 7. The van der Waals surface area contributed by atoms with E-state index in [2.05, 4.69) is 20.3 Å². The lowest BCUT2D eigenvalue weighted by atomic mass is 10.0. The van der Waals surface area contributed by atoms with Gasteiger partial charge in [0.1, 0.15) is 0 Å². The summed E-state index contributed by atoms with van der Waals surface area (Å²) in [6.45, 7) is 4.26. The van der Waals surface area contributed by atoms with Crippen molar-refractivity contribution in [1.82, 2.24) is 20.1 Å². The number of hydrogen-bond acceptors (Lipinski definition) is 6. The molecule has 1 aliphatic rings. The summed E-state index contributed by atoms with van der Waals surface area (Å²) in [6.07, 6.45) is 4.42. The molecule has 2 aromatic heterocycles. The third-order valence-electron chi connectivity index (χ3n) is 5.91. The lowest BCUT2D eigenvalue weighted by Crippen LogP contribution is -2.38. The number of pyridine rings is 1. The number of carbonyl (C=O) groups is 1. The van der Waals surface area contributed by atoms with Crippen LogP contribution >= 0.6 is 0 Å². The molecule has 2 N–H and O–H groups in total. The van der Waals surface area contributed by atoms with Gasteiger partial charge in [0.25, 0.3) is 5.91 Å². The Kier molecular flexibility index (Phi) is 6.48. The van der Waals surface area contributed by atoms with Gasteiger partial charge in [-0.3, -0.25) is 4.79 Å². The van der Waals surface area contributed by atoms with Gasteiger partial charge in [-0.05, 0) is 25.3 Å². The van der Waals surface area contributed by atoms with Crippen LogP contribution in [0.1, 0.15) is 41.8 Å². The normalized spacial score (nSPS) is 15.7. The van der Waals surface area contributed by atoms with Gasteiger partial charge >= 0.3 is 0 Å². The van der Waals surface area contributed by atoms with E-state index in [1.807, 2.05) is 49.0 Å². The van der Waals surface area contributed by atoms with Crippen LogP contribution in [0.15, 0.2) is 42.7 Å². The van der Waals surface area contributed by atoms with Gasteiger partial charge in [-0.25, -0.2) is 9.67 Å². The molecule has 0 spiro atoms. The minimum absolute atomic E-state index is 0.121. The van der Waals surface area contributed by atoms with Gasteiger partial charge in [0.15, 0.2) is 5.65 Å². The fraction of sp³-hybridized carbons (Fsp3) is 0.435. The van der Waals surface area contributed by atoms with Crippen molar-refractivity contribution < 1.29 is 14.6 Å². The third kappa shape index (κ3) is 4.40. The molecular weight excluding hydrogens is 394 g/mol. The van der Waals surface area contributed by atoms with Crippen LogP contribution in [0.4, 0.5) is 5.69 Å². The van der Waals surface area contributed by atoms with Gasteiger partial charge in [-0.1, -0.05) is 30.3 Å². The van der Waals surface area contributed by atoms with Crippen LogP contribution in [0, 0.1) is 0 Å². The van der Waals surface area contributed by atoms with Crippen molar-refractivity contribution in [2.75, 3.05) is 31.7 Å². The molecule has 0 aliphatic carbocycles. The Labute approximate surface area is 181 Å². The lowest BCUT2D eigenvalue weighted by molar-refractivity contribution is 0.0853. The highest BCUT2D eigenvalue weighted by atomic mass is 16.5. The summed E-state index contributed by atoms with van der Waals surface area (Å²) in [4.78, 5) is 19.9. The fourth-order valence-electron chi connectivity index (χ4n) is 4.12. The Morgan fingerprint density at radius 1 is 1.29 bits per heavy atom. The molecule has 164 valence electrons. The van der Waals surface area contributed by atoms with E-state index < -0.39 is 6.10 Å². The van der Waals surface area contributed by atoms with Gasteiger partial charge in [-0.2, -0.15) is 5.10 Å². The highest BCUT2D eigenvalue weighted by molar-refractivity contribution is 6.06. The number of aromatic nitrogens is 3. The van der Waals surface area contributed by atoms with Crippen LogP contribution < -0.4 is 10.2 Å². The summed E-state index contributed by atoms with van der Waals surface area (Å²) in [6, 6.07) is 9.58. The Bertz CT molecular complexity index is 1030. The Balaban J connectivity index is 1.63. The summed E-state index contributed by atoms with van der Waals surface area (Å²) in [5.41, 5.74) is 2.83. The predicted octanol–water partition coefficient (Wildman–Crippen LogP) is 2.53. The maximum absolute atomic E-state index is 13.2. The second-order valence-corrected chi connectivity index (χ2v) is 7.81. The average Bonchev–Trinajstić information content (AvgIpc) is 3.25. The summed E-state index contributed by atoms with van der Waals surface area (Å²) in [5.74, 6) is -0.262. The number of benzene rings is 1. The molecule has 1 saturated heterocycles. The lowest BCUT2D eigenvalue weighted by Gasteiger charge is -2.34. The largest absolute Gasteiger partial charge is 0.387 e. The average molecular weight is 424 g/mol. The Hall–Kier alpha value is -2.97. The van der Waals surface area contributed by atoms with E-state index >= 15 is 0 Å². The molecule has 4 rings (SSSR count). The zero-order valence-corrected chi connectivity index (χ0v) is 18.0. The van der Waals surface area contributed by atoms with E-state index in [1.165, 1.54) is 0 Å². The highest BCUT2D eigenvalue weighted by Gasteiger charge is 2.26. The van der Waals surface area contributed by atoms with Gasteiger partial charge in [0.2, 0.25) is 0 Å². The molecule has 0 bridgehead atoms. The molecule has 8 nitrogen and oxygen atoms in total. The molecule has 3 heterocycles. The number of amides is 1. The van der Waals surface area contributed by atoms with Crippen LogP contribution in [0.5, 0.6) is 0 Å². The first-order chi connectivity index (χ1) is 15.1. The number of aliphatic hydroxyl groups excluding tert-OH is 1. The van der Waals surface area contributed by atoms with E-state index in [0.717, 1.165) is 35.1 Å². The van der Waals surface area contributed by atoms with E-state index in [0.29, 0.717) is 25.3 Å². The number of nitrogens with zero attached hydrogens (tertiary/aromatic N) is 4. The SMILES string of the molecule is CCn1ncc2c(N(C)C3CCOCC3)c(C(=O)NC[C@@H](O)c3ccccc3)cnc21. The van der Waals surface area contributed by atoms with Crippen molar-refractivity contribution in [3.63, 3.8) is 0 Å². The van der Waals surface area contributed by atoms with Gasteiger partial charge in [0.05, 0.1) is 28.9 Å². The van der Waals surface area contributed by atoms with Crippen LogP contribution in [0.3, 0.4) is 0 Å². The first-order valence-corrected chi connectivity index (χ1v) is 10.8. The molecule has 1 amide bonds. The van der Waals surface area contributed by atoms with Crippen molar-refractivity contribution >= 4 is 22.6 Å². The van der Waals surface area contributed by atoms with Crippen LogP contribution in [-0.4, -0.2) is 58.6 Å². The number of carbonyl (C=O) groups excluding carboxylic acids is 1. The van der Waals surface area contributed by atoms with Crippen molar-refractivity contribution in [1.29, 1.82) is 0 Å². The monoisotopic (exact) mass is 423 g/mol. The molecule has 0 saturated carbocycles. The molecule has 8 heteroatoms. The second kappa shape index (κ2) is 9.45. The number of aliphatic hydroxyl groups is 1. The summed E-state index contributed by atoms with van der Waals surface area (Å²) >= 11 is 0. The fourth-order valence-corrected chi connectivity index (χ4v) is 4.12. The van der Waals surface area contributed by atoms with Crippen LogP contribution in [0.2, 0.25) is 0 Å². The molecular formula is C23H29N5O3. The highest BCUT2D eigenvalue weighted by Crippen LogP contribution is 2.32. The molecule has 3 aromatic rings. The maximum Gasteiger partial charge on any atom is 0.255 e. The van der Waals surface area contributed by atoms with E-state index in [1.54, 1.807) is 12.4 Å². The molecule has 1 aliphatic heterocycles. The van der Waals surface area contributed by atoms with Crippen molar-refractivity contribution in [3.8, 4) is 0 Å². The molecule has 1 fully saturated rings. The number of nitrogens with one attached hydrogen (secondary N) is 1. The standard InChI is InChI=1S/C23H29N5O3/c1-3-28-22-18(14-26-28)21(27(2)17-9-11-31-12-10-17)19(13-24-22)23(30)25-15-20(29)16-7-5-4-6-8-16/h4-8,13-14,17,20,29H,3,9-12,15H2,1-2H3,(H,25,30)/t20-/m1/s1. The van der Waals surface area contributed by atoms with E-state index in [-0.39, 0.29) is 18.5 Å². The minimum atomic E-state index is -0.777. The molecule has 0 unspecified atom stereocenters. The maximum atomic E-state index is 13.2. The Morgan fingerprint density at radius 2 is 2.03 bits per heavy atom. The first kappa shape index (κ1) is 21.3. The molecule has 1 atom stereocenters. The number of aryl methyl sites for hydroxylation is 1. The number of hydrogen-bond donors (Lipinski definition) is 2. The van der Waals surface area contributed by atoms with Gasteiger partial charge in [0, 0.05) is 45.6 Å². The smallest absolute Gasteiger partial charge is 0.255 e. The van der Waals surface area contributed by atoms with E-state index in [9.17, 15) is 9.90 Å². The third-order valence-corrected chi connectivity index (χ3v) is 5.91. The number of ether oxygens (including phenoxy) is 1. The topological polar surface area (TPSA) is 92.5 Å². The summed E-state index contributed by atoms with van der Waals surface area (Å²) in [7, 11) is 2.02. The zero-order valence-electron chi connectivity index (χ0n) is 18.0. The second-order valence-electron chi connectivity index (χ2n) is 7.81. The molecule has 1 aromatic carbocycles. The predicted molar refractivity (Wildman–Crippen MR) is 119 cm³/mol. The summed E-state index contributed by atoms with van der Waals surface area (Å²) < 4.78 is 7.35.